The van der Waals surface area contributed by atoms with E-state index in [1.807, 2.05) is 11.8 Å². The molecule has 1 aliphatic rings. The Morgan fingerprint density at radius 2 is 2.06 bits per heavy atom. The second kappa shape index (κ2) is 4.34. The summed E-state index contributed by atoms with van der Waals surface area (Å²) in [7, 11) is -2.91. The van der Waals surface area contributed by atoms with Crippen molar-refractivity contribution in [3.63, 3.8) is 0 Å². The minimum atomic E-state index is -2.91. The van der Waals surface area contributed by atoms with Crippen LogP contribution in [0, 0.1) is 18.3 Å². The van der Waals surface area contributed by atoms with Crippen molar-refractivity contribution < 1.29 is 8.42 Å². The number of pyridine rings is 1. The monoisotopic (exact) mass is 251 g/mol. The van der Waals surface area contributed by atoms with Crippen molar-refractivity contribution in [2.45, 2.75) is 6.92 Å². The number of hydrogen-bond donors (Lipinski definition) is 0. The smallest absolute Gasteiger partial charge is 0.153 e. The van der Waals surface area contributed by atoms with Crippen LogP contribution in [0.5, 0.6) is 0 Å². The summed E-state index contributed by atoms with van der Waals surface area (Å²) in [5.41, 5.74) is 1.40. The summed E-state index contributed by atoms with van der Waals surface area (Å²) in [5.74, 6) is 0.864. The maximum atomic E-state index is 11.3. The summed E-state index contributed by atoms with van der Waals surface area (Å²) >= 11 is 0. The lowest BCUT2D eigenvalue weighted by Crippen LogP contribution is -2.41. The summed E-state index contributed by atoms with van der Waals surface area (Å²) in [5, 5.41) is 9.10. The molecule has 0 radical (unpaired) electrons. The summed E-state index contributed by atoms with van der Waals surface area (Å²) < 4.78 is 22.7. The Hall–Kier alpha value is -1.61. The molecule has 17 heavy (non-hydrogen) atoms. The predicted molar refractivity (Wildman–Crippen MR) is 64.6 cm³/mol. The fraction of sp³-hybridized carbons (Fsp3) is 0.455. The number of hydrogen-bond acceptors (Lipinski definition) is 5. The molecule has 0 unspecified atom stereocenters. The van der Waals surface area contributed by atoms with Crippen LogP contribution in [0.15, 0.2) is 12.3 Å². The van der Waals surface area contributed by atoms with Gasteiger partial charge in [-0.1, -0.05) is 0 Å². The fourth-order valence-electron chi connectivity index (χ4n) is 1.85. The van der Waals surface area contributed by atoms with Gasteiger partial charge in [0.2, 0.25) is 0 Å². The first kappa shape index (κ1) is 11.9. The molecule has 1 saturated heterocycles. The zero-order chi connectivity index (χ0) is 12.5. The SMILES string of the molecule is Cc1ccnc(N2CCS(=O)(=O)CC2)c1C#N. The quantitative estimate of drug-likeness (QED) is 0.726. The predicted octanol–water partition coefficient (Wildman–Crippen LogP) is 0.497. The molecular formula is C11H13N3O2S. The minimum Gasteiger partial charge on any atom is -0.353 e. The van der Waals surface area contributed by atoms with Gasteiger partial charge in [-0.15, -0.1) is 0 Å². The Kier molecular flexibility index (Phi) is 3.03. The minimum absolute atomic E-state index is 0.132. The van der Waals surface area contributed by atoms with E-state index in [1.54, 1.807) is 12.3 Å². The highest BCUT2D eigenvalue weighted by molar-refractivity contribution is 7.91. The lowest BCUT2D eigenvalue weighted by Gasteiger charge is -2.28. The number of aryl methyl sites for hydroxylation is 1. The van der Waals surface area contributed by atoms with Crippen LogP contribution in [0.4, 0.5) is 5.82 Å². The highest BCUT2D eigenvalue weighted by atomic mass is 32.2. The van der Waals surface area contributed by atoms with Crippen LogP contribution >= 0.6 is 0 Å². The van der Waals surface area contributed by atoms with Crippen molar-refractivity contribution in [1.29, 1.82) is 5.26 Å². The van der Waals surface area contributed by atoms with Crippen molar-refractivity contribution in [1.82, 2.24) is 4.98 Å². The number of sulfone groups is 1. The molecule has 90 valence electrons. The molecule has 0 atom stereocenters. The van der Waals surface area contributed by atoms with E-state index in [1.165, 1.54) is 0 Å². The van der Waals surface area contributed by atoms with Gasteiger partial charge in [0, 0.05) is 19.3 Å². The first-order valence-corrected chi connectivity index (χ1v) is 7.17. The van der Waals surface area contributed by atoms with Crippen LogP contribution < -0.4 is 4.90 Å². The zero-order valence-electron chi connectivity index (χ0n) is 9.55. The fourth-order valence-corrected chi connectivity index (χ4v) is 3.05. The first-order valence-electron chi connectivity index (χ1n) is 5.34. The van der Waals surface area contributed by atoms with Gasteiger partial charge < -0.3 is 4.90 Å². The summed E-state index contributed by atoms with van der Waals surface area (Å²) in [6, 6.07) is 3.91. The van der Waals surface area contributed by atoms with E-state index in [0.717, 1.165) is 5.56 Å². The number of nitriles is 1. The van der Waals surface area contributed by atoms with Gasteiger partial charge in [-0.25, -0.2) is 13.4 Å². The van der Waals surface area contributed by atoms with E-state index in [0.29, 0.717) is 24.5 Å². The van der Waals surface area contributed by atoms with Gasteiger partial charge in [-0.3, -0.25) is 0 Å². The maximum Gasteiger partial charge on any atom is 0.153 e. The molecule has 0 amide bonds. The molecule has 0 aliphatic carbocycles. The van der Waals surface area contributed by atoms with E-state index in [-0.39, 0.29) is 11.5 Å². The molecule has 0 N–H and O–H groups in total. The standard InChI is InChI=1S/C11H13N3O2S/c1-9-2-3-13-11(10(9)8-12)14-4-6-17(15,16)7-5-14/h2-3H,4-7H2,1H3. The van der Waals surface area contributed by atoms with Crippen molar-refractivity contribution in [2.24, 2.45) is 0 Å². The van der Waals surface area contributed by atoms with Gasteiger partial charge in [0.1, 0.15) is 11.9 Å². The van der Waals surface area contributed by atoms with Crippen molar-refractivity contribution in [2.75, 3.05) is 29.5 Å². The molecule has 6 heteroatoms. The highest BCUT2D eigenvalue weighted by Crippen LogP contribution is 2.21. The average molecular weight is 251 g/mol. The van der Waals surface area contributed by atoms with Crippen molar-refractivity contribution in [3.05, 3.63) is 23.4 Å². The first-order chi connectivity index (χ1) is 8.03. The number of nitrogens with zero attached hydrogens (tertiary/aromatic N) is 3. The normalized spacial score (nSPS) is 18.7. The Balaban J connectivity index is 2.31. The van der Waals surface area contributed by atoms with Gasteiger partial charge in [0.25, 0.3) is 0 Å². The maximum absolute atomic E-state index is 11.3. The van der Waals surface area contributed by atoms with E-state index < -0.39 is 9.84 Å². The molecule has 5 nitrogen and oxygen atoms in total. The lowest BCUT2D eigenvalue weighted by molar-refractivity contribution is 0.586. The molecule has 0 saturated carbocycles. The third-order valence-electron chi connectivity index (χ3n) is 2.90. The van der Waals surface area contributed by atoms with Crippen LogP contribution in [0.2, 0.25) is 0 Å². The molecule has 2 heterocycles. The Bertz CT molecular complexity index is 561. The number of anilines is 1. The van der Waals surface area contributed by atoms with Gasteiger partial charge >= 0.3 is 0 Å². The Labute approximate surface area is 101 Å². The summed E-state index contributed by atoms with van der Waals surface area (Å²) in [6.07, 6.45) is 1.65. The molecule has 0 aromatic carbocycles. The zero-order valence-corrected chi connectivity index (χ0v) is 10.4. The van der Waals surface area contributed by atoms with Crippen molar-refractivity contribution >= 4 is 15.7 Å². The van der Waals surface area contributed by atoms with Crippen LogP contribution in [-0.4, -0.2) is 38.0 Å². The Morgan fingerprint density at radius 3 is 2.65 bits per heavy atom. The Morgan fingerprint density at radius 1 is 1.41 bits per heavy atom. The van der Waals surface area contributed by atoms with Crippen LogP contribution in [-0.2, 0) is 9.84 Å². The summed E-state index contributed by atoms with van der Waals surface area (Å²) in [6.45, 7) is 2.67. The van der Waals surface area contributed by atoms with Crippen LogP contribution in [0.1, 0.15) is 11.1 Å². The number of aromatic nitrogens is 1. The molecule has 0 spiro atoms. The average Bonchev–Trinajstić information content (AvgIpc) is 2.29. The molecular weight excluding hydrogens is 238 g/mol. The van der Waals surface area contributed by atoms with Gasteiger partial charge in [0.05, 0.1) is 17.1 Å². The van der Waals surface area contributed by atoms with Crippen molar-refractivity contribution in [3.8, 4) is 6.07 Å². The largest absolute Gasteiger partial charge is 0.353 e. The van der Waals surface area contributed by atoms with Gasteiger partial charge in [0.15, 0.2) is 9.84 Å². The van der Waals surface area contributed by atoms with Crippen LogP contribution in [0.25, 0.3) is 0 Å². The topological polar surface area (TPSA) is 74.1 Å². The third-order valence-corrected chi connectivity index (χ3v) is 4.50. The van der Waals surface area contributed by atoms with E-state index in [9.17, 15) is 8.42 Å². The molecule has 1 aromatic rings. The second-order valence-electron chi connectivity index (χ2n) is 4.08. The molecule has 1 fully saturated rings. The molecule has 1 aliphatic heterocycles. The van der Waals surface area contributed by atoms with E-state index in [4.69, 9.17) is 5.26 Å². The van der Waals surface area contributed by atoms with Crippen LogP contribution in [0.3, 0.4) is 0 Å². The third kappa shape index (κ3) is 2.39. The number of rotatable bonds is 1. The summed E-state index contributed by atoms with van der Waals surface area (Å²) in [4.78, 5) is 6.06. The molecule has 0 bridgehead atoms. The lowest BCUT2D eigenvalue weighted by atomic mass is 10.1. The second-order valence-corrected chi connectivity index (χ2v) is 6.38. The van der Waals surface area contributed by atoms with Gasteiger partial charge in [-0.05, 0) is 18.6 Å². The molecule has 2 rings (SSSR count). The van der Waals surface area contributed by atoms with E-state index >= 15 is 0 Å². The highest BCUT2D eigenvalue weighted by Gasteiger charge is 2.24. The molecule has 1 aromatic heterocycles. The van der Waals surface area contributed by atoms with E-state index in [2.05, 4.69) is 11.1 Å². The van der Waals surface area contributed by atoms with Gasteiger partial charge in [-0.2, -0.15) is 5.26 Å².